The van der Waals surface area contributed by atoms with Gasteiger partial charge in [-0.1, -0.05) is 31.5 Å². The highest BCUT2D eigenvalue weighted by Crippen LogP contribution is 2.25. The van der Waals surface area contributed by atoms with Crippen LogP contribution in [-0.4, -0.2) is 46.8 Å². The van der Waals surface area contributed by atoms with Crippen molar-refractivity contribution >= 4 is 5.91 Å². The van der Waals surface area contributed by atoms with Crippen molar-refractivity contribution in [2.24, 2.45) is 0 Å². The maximum absolute atomic E-state index is 13.1. The lowest BCUT2D eigenvalue weighted by Crippen LogP contribution is -2.44. The van der Waals surface area contributed by atoms with Gasteiger partial charge < -0.3 is 10.2 Å². The molecule has 1 N–H and O–H groups in total. The van der Waals surface area contributed by atoms with Gasteiger partial charge in [-0.15, -0.1) is 0 Å². The van der Waals surface area contributed by atoms with Gasteiger partial charge in [0.1, 0.15) is 0 Å². The topological polar surface area (TPSA) is 50.2 Å². The average molecular weight is 340 g/mol. The van der Waals surface area contributed by atoms with Crippen LogP contribution < -0.4 is 5.32 Å². The second-order valence-electron chi connectivity index (χ2n) is 7.20. The Morgan fingerprint density at radius 3 is 2.40 bits per heavy atom. The number of benzene rings is 1. The van der Waals surface area contributed by atoms with Crippen LogP contribution in [0.15, 0.2) is 30.5 Å². The number of nitrogens with zero attached hydrogens (tertiary/aromatic N) is 3. The molecular weight excluding hydrogens is 312 g/mol. The van der Waals surface area contributed by atoms with E-state index in [1.807, 2.05) is 16.6 Å². The molecule has 1 amide bonds. The average Bonchev–Trinajstić information content (AvgIpc) is 3.07. The fourth-order valence-electron chi connectivity index (χ4n) is 3.51. The molecule has 5 heteroatoms. The first-order valence-corrected chi connectivity index (χ1v) is 9.12. The SMILES string of the molecule is CNC1CCN(C(=O)c2cnn(-c3ccc(C)cc3)c2C(C)C)CC1. The number of hydrogen-bond donors (Lipinski definition) is 1. The maximum atomic E-state index is 13.1. The van der Waals surface area contributed by atoms with E-state index in [9.17, 15) is 4.79 Å². The Balaban J connectivity index is 1.89. The van der Waals surface area contributed by atoms with Crippen molar-refractivity contribution in [3.8, 4) is 5.69 Å². The van der Waals surface area contributed by atoms with Crippen LogP contribution in [-0.2, 0) is 0 Å². The van der Waals surface area contributed by atoms with Crippen LogP contribution >= 0.6 is 0 Å². The Labute approximate surface area is 150 Å². The van der Waals surface area contributed by atoms with Gasteiger partial charge in [-0.05, 0) is 44.9 Å². The van der Waals surface area contributed by atoms with E-state index in [1.54, 1.807) is 6.20 Å². The van der Waals surface area contributed by atoms with Gasteiger partial charge in [-0.3, -0.25) is 4.79 Å². The van der Waals surface area contributed by atoms with E-state index in [0.717, 1.165) is 42.9 Å². The molecule has 1 fully saturated rings. The zero-order valence-electron chi connectivity index (χ0n) is 15.6. The Hall–Kier alpha value is -2.14. The normalized spacial score (nSPS) is 15.8. The fourth-order valence-corrected chi connectivity index (χ4v) is 3.51. The predicted molar refractivity (Wildman–Crippen MR) is 100 cm³/mol. The summed E-state index contributed by atoms with van der Waals surface area (Å²) in [6.45, 7) is 7.91. The van der Waals surface area contributed by atoms with Crippen LogP contribution in [0, 0.1) is 6.92 Å². The molecule has 0 aliphatic carbocycles. The van der Waals surface area contributed by atoms with Crippen LogP contribution in [0.1, 0.15) is 54.2 Å². The number of rotatable bonds is 4. The minimum Gasteiger partial charge on any atom is -0.338 e. The van der Waals surface area contributed by atoms with Crippen molar-refractivity contribution < 1.29 is 4.79 Å². The summed E-state index contributed by atoms with van der Waals surface area (Å²) in [5, 5.41) is 7.85. The molecule has 0 unspecified atom stereocenters. The first kappa shape index (κ1) is 17.7. The quantitative estimate of drug-likeness (QED) is 0.930. The van der Waals surface area contributed by atoms with Crippen molar-refractivity contribution in [1.82, 2.24) is 20.0 Å². The first-order valence-electron chi connectivity index (χ1n) is 9.12. The Bertz CT molecular complexity index is 725. The van der Waals surface area contributed by atoms with E-state index in [4.69, 9.17) is 0 Å². The summed E-state index contributed by atoms with van der Waals surface area (Å²) in [6, 6.07) is 8.78. The van der Waals surface area contributed by atoms with Gasteiger partial charge in [0, 0.05) is 19.1 Å². The number of carbonyl (C=O) groups is 1. The highest BCUT2D eigenvalue weighted by molar-refractivity contribution is 5.95. The molecule has 0 radical (unpaired) electrons. The molecule has 1 aliphatic heterocycles. The third-order valence-corrected chi connectivity index (χ3v) is 5.05. The molecule has 1 aromatic carbocycles. The Kier molecular flexibility index (Phi) is 5.23. The highest BCUT2D eigenvalue weighted by Gasteiger charge is 2.27. The Morgan fingerprint density at radius 2 is 1.84 bits per heavy atom. The number of amides is 1. The number of likely N-dealkylation sites (tertiary alicyclic amines) is 1. The lowest BCUT2D eigenvalue weighted by atomic mass is 10.0. The molecule has 0 atom stereocenters. The Morgan fingerprint density at radius 1 is 1.20 bits per heavy atom. The van der Waals surface area contributed by atoms with Gasteiger partial charge in [-0.2, -0.15) is 5.10 Å². The van der Waals surface area contributed by atoms with E-state index < -0.39 is 0 Å². The van der Waals surface area contributed by atoms with Crippen molar-refractivity contribution in [3.05, 3.63) is 47.3 Å². The lowest BCUT2D eigenvalue weighted by Gasteiger charge is -2.32. The number of aryl methyl sites for hydroxylation is 1. The predicted octanol–water partition coefficient (Wildman–Crippen LogP) is 3.13. The summed E-state index contributed by atoms with van der Waals surface area (Å²) in [5.41, 5.74) is 3.94. The van der Waals surface area contributed by atoms with Crippen LogP contribution in [0.4, 0.5) is 0 Å². The van der Waals surface area contributed by atoms with Crippen LogP contribution in [0.25, 0.3) is 5.69 Å². The largest absolute Gasteiger partial charge is 0.338 e. The lowest BCUT2D eigenvalue weighted by molar-refractivity contribution is 0.0705. The van der Waals surface area contributed by atoms with Gasteiger partial charge in [-0.25, -0.2) is 4.68 Å². The third-order valence-electron chi connectivity index (χ3n) is 5.05. The molecule has 1 saturated heterocycles. The van der Waals surface area contributed by atoms with Gasteiger partial charge in [0.05, 0.1) is 23.1 Å². The number of piperidine rings is 1. The monoisotopic (exact) mass is 340 g/mol. The van der Waals surface area contributed by atoms with Crippen LogP contribution in [0.3, 0.4) is 0 Å². The van der Waals surface area contributed by atoms with E-state index >= 15 is 0 Å². The second-order valence-corrected chi connectivity index (χ2v) is 7.20. The minimum absolute atomic E-state index is 0.108. The molecule has 5 nitrogen and oxygen atoms in total. The molecule has 0 spiro atoms. The van der Waals surface area contributed by atoms with E-state index in [1.165, 1.54) is 5.56 Å². The van der Waals surface area contributed by atoms with Gasteiger partial charge in [0.25, 0.3) is 5.91 Å². The molecule has 25 heavy (non-hydrogen) atoms. The van der Waals surface area contributed by atoms with Gasteiger partial charge in [0.2, 0.25) is 0 Å². The summed E-state index contributed by atoms with van der Waals surface area (Å²) in [7, 11) is 1.99. The summed E-state index contributed by atoms with van der Waals surface area (Å²) in [4.78, 5) is 15.0. The van der Waals surface area contributed by atoms with E-state index in [-0.39, 0.29) is 11.8 Å². The number of carbonyl (C=O) groups excluding carboxylic acids is 1. The minimum atomic E-state index is 0.108. The van der Waals surface area contributed by atoms with Crippen LogP contribution in [0.2, 0.25) is 0 Å². The van der Waals surface area contributed by atoms with Gasteiger partial charge >= 0.3 is 0 Å². The second kappa shape index (κ2) is 7.40. The fraction of sp³-hybridized carbons (Fsp3) is 0.500. The molecule has 1 aromatic heterocycles. The molecule has 0 saturated carbocycles. The van der Waals surface area contributed by atoms with Crippen molar-refractivity contribution in [2.75, 3.05) is 20.1 Å². The molecule has 2 heterocycles. The third kappa shape index (κ3) is 3.61. The summed E-state index contributed by atoms with van der Waals surface area (Å²) in [5.74, 6) is 0.328. The standard InChI is InChI=1S/C20H28N4O/c1-14(2)19-18(20(25)23-11-9-16(21-4)10-12-23)13-22-24(19)17-7-5-15(3)6-8-17/h5-8,13-14,16,21H,9-12H2,1-4H3. The number of hydrogen-bond acceptors (Lipinski definition) is 3. The maximum Gasteiger partial charge on any atom is 0.257 e. The highest BCUT2D eigenvalue weighted by atomic mass is 16.2. The van der Waals surface area contributed by atoms with Crippen molar-refractivity contribution in [2.45, 2.75) is 45.6 Å². The smallest absolute Gasteiger partial charge is 0.257 e. The number of aromatic nitrogens is 2. The van der Waals surface area contributed by atoms with E-state index in [2.05, 4.69) is 55.5 Å². The molecule has 3 rings (SSSR count). The molecule has 134 valence electrons. The van der Waals surface area contributed by atoms with Gasteiger partial charge in [0.15, 0.2) is 0 Å². The van der Waals surface area contributed by atoms with E-state index in [0.29, 0.717) is 6.04 Å². The molecular formula is C20H28N4O. The molecule has 1 aliphatic rings. The molecule has 0 bridgehead atoms. The van der Waals surface area contributed by atoms with Crippen molar-refractivity contribution in [1.29, 1.82) is 0 Å². The summed E-state index contributed by atoms with van der Waals surface area (Å²) >= 11 is 0. The summed E-state index contributed by atoms with van der Waals surface area (Å²) in [6.07, 6.45) is 3.75. The number of nitrogens with one attached hydrogen (secondary N) is 1. The zero-order valence-corrected chi connectivity index (χ0v) is 15.6. The zero-order chi connectivity index (χ0) is 18.0. The molecule has 2 aromatic rings. The van der Waals surface area contributed by atoms with Crippen LogP contribution in [0.5, 0.6) is 0 Å². The summed E-state index contributed by atoms with van der Waals surface area (Å²) < 4.78 is 1.91. The first-order chi connectivity index (χ1) is 12.0. The van der Waals surface area contributed by atoms with Crippen molar-refractivity contribution in [3.63, 3.8) is 0 Å².